The van der Waals surface area contributed by atoms with Crippen molar-refractivity contribution in [2.75, 3.05) is 6.61 Å². The lowest BCUT2D eigenvalue weighted by Crippen LogP contribution is -2.39. The second-order valence-corrected chi connectivity index (χ2v) is 5.51. The molecule has 2 aliphatic rings. The van der Waals surface area contributed by atoms with Crippen LogP contribution in [0.5, 0.6) is 0 Å². The monoisotopic (exact) mass is 245 g/mol. The lowest BCUT2D eigenvalue weighted by molar-refractivity contribution is 0.0442. The van der Waals surface area contributed by atoms with E-state index in [2.05, 4.69) is 5.32 Å². The number of carbonyl (C=O) groups is 1. The molecule has 0 unspecified atom stereocenters. The van der Waals surface area contributed by atoms with Crippen molar-refractivity contribution in [1.29, 1.82) is 0 Å². The van der Waals surface area contributed by atoms with Crippen molar-refractivity contribution in [1.82, 2.24) is 5.32 Å². The number of ether oxygens (including phenoxy) is 1. The molecule has 3 nitrogen and oxygen atoms in total. The minimum atomic E-state index is -0.205. The summed E-state index contributed by atoms with van der Waals surface area (Å²) in [5, 5.41) is 3.53. The maximum absolute atomic E-state index is 11.9. The summed E-state index contributed by atoms with van der Waals surface area (Å²) in [7, 11) is 0. The average Bonchev–Trinajstić information content (AvgIpc) is 2.98. The van der Waals surface area contributed by atoms with Crippen LogP contribution < -0.4 is 5.32 Å². The second kappa shape index (κ2) is 4.73. The van der Waals surface area contributed by atoms with Crippen LogP contribution in [0.25, 0.3) is 0 Å². The van der Waals surface area contributed by atoms with Gasteiger partial charge in [0, 0.05) is 12.1 Å². The molecule has 0 spiro atoms. The molecule has 0 radical (unpaired) electrons. The molecule has 96 valence electrons. The molecule has 0 aromatic heterocycles. The molecule has 1 saturated heterocycles. The quantitative estimate of drug-likeness (QED) is 0.830. The third kappa shape index (κ3) is 2.27. The molecule has 1 N–H and O–H groups in total. The van der Waals surface area contributed by atoms with Gasteiger partial charge >= 0.3 is 5.97 Å². The SMILES string of the molecule is Cc1cccc(C(=O)OC[C@H]2N[C@@H]3CC[C@H]2C3)c1. The Hall–Kier alpha value is -1.35. The van der Waals surface area contributed by atoms with Gasteiger partial charge in [-0.25, -0.2) is 4.79 Å². The molecule has 3 atom stereocenters. The van der Waals surface area contributed by atoms with Crippen LogP contribution in [0.15, 0.2) is 24.3 Å². The molecule has 1 heterocycles. The Kier molecular flexibility index (Phi) is 3.08. The van der Waals surface area contributed by atoms with E-state index in [4.69, 9.17) is 4.74 Å². The normalized spacial score (nSPS) is 29.5. The molecule has 18 heavy (non-hydrogen) atoms. The summed E-state index contributed by atoms with van der Waals surface area (Å²) >= 11 is 0. The highest BCUT2D eigenvalue weighted by atomic mass is 16.5. The molecule has 1 aromatic rings. The molecule has 3 heteroatoms. The summed E-state index contributed by atoms with van der Waals surface area (Å²) in [4.78, 5) is 11.9. The third-order valence-corrected chi connectivity index (χ3v) is 4.14. The number of hydrogen-bond donors (Lipinski definition) is 1. The van der Waals surface area contributed by atoms with Crippen molar-refractivity contribution in [3.05, 3.63) is 35.4 Å². The summed E-state index contributed by atoms with van der Waals surface area (Å²) in [6.45, 7) is 2.49. The van der Waals surface area contributed by atoms with Crippen molar-refractivity contribution in [2.24, 2.45) is 5.92 Å². The summed E-state index contributed by atoms with van der Waals surface area (Å²) in [6.07, 6.45) is 3.82. The number of benzene rings is 1. The minimum Gasteiger partial charge on any atom is -0.460 e. The number of carbonyl (C=O) groups excluding carboxylic acids is 1. The van der Waals surface area contributed by atoms with Crippen LogP contribution >= 0.6 is 0 Å². The minimum absolute atomic E-state index is 0.205. The fourth-order valence-corrected chi connectivity index (χ4v) is 3.18. The second-order valence-electron chi connectivity index (χ2n) is 5.51. The highest BCUT2D eigenvalue weighted by Gasteiger charge is 2.39. The Balaban J connectivity index is 1.56. The first-order chi connectivity index (χ1) is 8.72. The van der Waals surface area contributed by atoms with E-state index < -0.39 is 0 Å². The number of aryl methyl sites for hydroxylation is 1. The Morgan fingerprint density at radius 3 is 3.00 bits per heavy atom. The zero-order chi connectivity index (χ0) is 12.5. The zero-order valence-electron chi connectivity index (χ0n) is 10.7. The van der Waals surface area contributed by atoms with Gasteiger partial charge in [-0.3, -0.25) is 0 Å². The summed E-state index contributed by atoms with van der Waals surface area (Å²) < 4.78 is 5.42. The predicted molar refractivity (Wildman–Crippen MR) is 69.5 cm³/mol. The molecule has 1 aliphatic carbocycles. The molecule has 2 bridgehead atoms. The molecule has 1 aliphatic heterocycles. The van der Waals surface area contributed by atoms with Crippen molar-refractivity contribution in [3.8, 4) is 0 Å². The van der Waals surface area contributed by atoms with Gasteiger partial charge in [-0.2, -0.15) is 0 Å². The molecule has 1 aromatic carbocycles. The summed E-state index contributed by atoms with van der Waals surface area (Å²) in [5.41, 5.74) is 1.74. The van der Waals surface area contributed by atoms with Gasteiger partial charge in [0.05, 0.1) is 5.56 Å². The number of nitrogens with one attached hydrogen (secondary N) is 1. The Morgan fingerprint density at radius 1 is 1.44 bits per heavy atom. The van der Waals surface area contributed by atoms with E-state index in [1.165, 1.54) is 19.3 Å². The van der Waals surface area contributed by atoms with Crippen molar-refractivity contribution in [3.63, 3.8) is 0 Å². The van der Waals surface area contributed by atoms with E-state index in [1.807, 2.05) is 31.2 Å². The van der Waals surface area contributed by atoms with Crippen LogP contribution in [0, 0.1) is 12.8 Å². The van der Waals surface area contributed by atoms with E-state index in [-0.39, 0.29) is 5.97 Å². The first-order valence-corrected chi connectivity index (χ1v) is 6.72. The van der Waals surface area contributed by atoms with Gasteiger partial charge in [-0.1, -0.05) is 17.7 Å². The number of piperidine rings is 1. The van der Waals surface area contributed by atoms with E-state index in [1.54, 1.807) is 0 Å². The third-order valence-electron chi connectivity index (χ3n) is 4.14. The fourth-order valence-electron chi connectivity index (χ4n) is 3.18. The molecule has 2 fully saturated rings. The van der Waals surface area contributed by atoms with Crippen LogP contribution in [0.4, 0.5) is 0 Å². The largest absolute Gasteiger partial charge is 0.460 e. The Morgan fingerprint density at radius 2 is 2.33 bits per heavy atom. The Bertz CT molecular complexity index is 458. The molecular formula is C15H19NO2. The molecule has 0 amide bonds. The summed E-state index contributed by atoms with van der Waals surface area (Å²) in [5.74, 6) is 0.503. The first kappa shape index (κ1) is 11.7. The number of esters is 1. The maximum atomic E-state index is 11.9. The van der Waals surface area contributed by atoms with Crippen LogP contribution in [-0.4, -0.2) is 24.7 Å². The van der Waals surface area contributed by atoms with Gasteiger partial charge in [-0.15, -0.1) is 0 Å². The van der Waals surface area contributed by atoms with Gasteiger partial charge in [0.25, 0.3) is 0 Å². The van der Waals surface area contributed by atoms with Gasteiger partial charge in [0.15, 0.2) is 0 Å². The van der Waals surface area contributed by atoms with Crippen molar-refractivity contribution < 1.29 is 9.53 Å². The van der Waals surface area contributed by atoms with Crippen LogP contribution in [0.3, 0.4) is 0 Å². The smallest absolute Gasteiger partial charge is 0.338 e. The van der Waals surface area contributed by atoms with Gasteiger partial charge in [0.2, 0.25) is 0 Å². The molecule has 1 saturated carbocycles. The summed E-state index contributed by atoms with van der Waals surface area (Å²) in [6, 6.07) is 8.59. The van der Waals surface area contributed by atoms with Crippen LogP contribution in [0.2, 0.25) is 0 Å². The maximum Gasteiger partial charge on any atom is 0.338 e. The van der Waals surface area contributed by atoms with E-state index in [0.29, 0.717) is 30.2 Å². The van der Waals surface area contributed by atoms with Crippen molar-refractivity contribution in [2.45, 2.75) is 38.3 Å². The van der Waals surface area contributed by atoms with E-state index >= 15 is 0 Å². The lowest BCUT2D eigenvalue weighted by atomic mass is 10.0. The average molecular weight is 245 g/mol. The first-order valence-electron chi connectivity index (χ1n) is 6.72. The van der Waals surface area contributed by atoms with Crippen LogP contribution in [-0.2, 0) is 4.74 Å². The van der Waals surface area contributed by atoms with Gasteiger partial charge in [0.1, 0.15) is 6.61 Å². The molecule has 3 rings (SSSR count). The van der Waals surface area contributed by atoms with Gasteiger partial charge < -0.3 is 10.1 Å². The van der Waals surface area contributed by atoms with E-state index in [0.717, 1.165) is 5.56 Å². The molecular weight excluding hydrogens is 226 g/mol. The zero-order valence-corrected chi connectivity index (χ0v) is 10.7. The van der Waals surface area contributed by atoms with Gasteiger partial charge in [-0.05, 0) is 44.2 Å². The fraction of sp³-hybridized carbons (Fsp3) is 0.533. The standard InChI is InChI=1S/C15H19NO2/c1-10-3-2-4-12(7-10)15(17)18-9-14-11-5-6-13(8-11)16-14/h2-4,7,11,13-14,16H,5-6,8-9H2,1H3/t11-,13+,14+/m0/s1. The predicted octanol–water partition coefficient (Wildman–Crippen LogP) is 2.29. The topological polar surface area (TPSA) is 38.3 Å². The van der Waals surface area contributed by atoms with Crippen molar-refractivity contribution >= 4 is 5.97 Å². The van der Waals surface area contributed by atoms with Crippen LogP contribution in [0.1, 0.15) is 35.2 Å². The number of rotatable bonds is 3. The highest BCUT2D eigenvalue weighted by Crippen LogP contribution is 2.35. The highest BCUT2D eigenvalue weighted by molar-refractivity contribution is 5.89. The lowest BCUT2D eigenvalue weighted by Gasteiger charge is -2.22. The number of fused-ring (bicyclic) bond motifs is 2. The Labute approximate surface area is 108 Å². The van der Waals surface area contributed by atoms with E-state index in [9.17, 15) is 4.79 Å². The number of hydrogen-bond acceptors (Lipinski definition) is 3.